The summed E-state index contributed by atoms with van der Waals surface area (Å²) in [7, 11) is 0. The quantitative estimate of drug-likeness (QED) is 0.786. The van der Waals surface area contributed by atoms with Gasteiger partial charge < -0.3 is 4.90 Å². The third-order valence-electron chi connectivity index (χ3n) is 5.35. The van der Waals surface area contributed by atoms with E-state index in [4.69, 9.17) is 0 Å². The normalized spacial score (nSPS) is 18.6. The van der Waals surface area contributed by atoms with Crippen molar-refractivity contribution in [1.82, 2.24) is 14.8 Å². The van der Waals surface area contributed by atoms with Gasteiger partial charge in [-0.2, -0.15) is 0 Å². The van der Waals surface area contributed by atoms with Crippen LogP contribution in [0, 0.1) is 5.92 Å². The van der Waals surface area contributed by atoms with Crippen molar-refractivity contribution in [3.8, 4) is 0 Å². The molecule has 0 aliphatic carbocycles. The van der Waals surface area contributed by atoms with E-state index in [-0.39, 0.29) is 18.4 Å². The van der Waals surface area contributed by atoms with Gasteiger partial charge in [0.1, 0.15) is 5.70 Å². The lowest BCUT2D eigenvalue weighted by molar-refractivity contribution is -0.138. The van der Waals surface area contributed by atoms with E-state index < -0.39 is 0 Å². The van der Waals surface area contributed by atoms with Crippen LogP contribution in [0.15, 0.2) is 60.4 Å². The highest BCUT2D eigenvalue weighted by Gasteiger charge is 2.42. The number of nitrogens with zero attached hydrogens (tertiary/aromatic N) is 3. The molecule has 2 aromatic rings. The van der Waals surface area contributed by atoms with Gasteiger partial charge in [0.05, 0.1) is 17.8 Å². The topological polar surface area (TPSA) is 53.5 Å². The van der Waals surface area contributed by atoms with Gasteiger partial charge >= 0.3 is 0 Å². The molecule has 0 saturated carbocycles. The van der Waals surface area contributed by atoms with Gasteiger partial charge in [0.25, 0.3) is 11.8 Å². The van der Waals surface area contributed by atoms with Crippen LogP contribution in [0.5, 0.6) is 0 Å². The highest BCUT2D eigenvalue weighted by atomic mass is 16.2. The van der Waals surface area contributed by atoms with Crippen LogP contribution in [-0.2, 0) is 16.1 Å². The van der Waals surface area contributed by atoms with Crippen LogP contribution in [0.4, 0.5) is 0 Å². The second-order valence-corrected chi connectivity index (χ2v) is 7.28. The summed E-state index contributed by atoms with van der Waals surface area (Å²) in [6, 6.07) is 15.0. The van der Waals surface area contributed by atoms with Crippen molar-refractivity contribution < 1.29 is 9.59 Å². The zero-order chi connectivity index (χ0) is 18.8. The first-order chi connectivity index (χ1) is 13.1. The molecule has 4 rings (SSSR count). The summed E-state index contributed by atoms with van der Waals surface area (Å²) in [6.45, 7) is 4.05. The van der Waals surface area contributed by atoms with E-state index in [1.165, 1.54) is 4.90 Å². The van der Waals surface area contributed by atoms with Crippen molar-refractivity contribution in [2.24, 2.45) is 5.92 Å². The first-order valence-electron chi connectivity index (χ1n) is 9.46. The Morgan fingerprint density at radius 2 is 1.67 bits per heavy atom. The number of piperidine rings is 1. The molecule has 0 unspecified atom stereocenters. The van der Waals surface area contributed by atoms with E-state index in [9.17, 15) is 9.59 Å². The molecule has 2 aliphatic rings. The molecule has 1 aromatic carbocycles. The molecule has 0 radical (unpaired) electrons. The number of pyridine rings is 1. The molecule has 138 valence electrons. The van der Waals surface area contributed by atoms with Crippen molar-refractivity contribution >= 4 is 17.4 Å². The third-order valence-corrected chi connectivity index (χ3v) is 5.35. The molecule has 0 spiro atoms. The van der Waals surface area contributed by atoms with Crippen LogP contribution < -0.4 is 0 Å². The summed E-state index contributed by atoms with van der Waals surface area (Å²) in [5.74, 6) is 0.211. The summed E-state index contributed by atoms with van der Waals surface area (Å²) in [5, 5.41) is 0. The SMILES string of the molecule is CC1CCN(C2=C(c3ccccc3)C(=O)N(Cc3ccccn3)C2=O)CC1. The highest BCUT2D eigenvalue weighted by Crippen LogP contribution is 2.34. The van der Waals surface area contributed by atoms with Crippen molar-refractivity contribution in [2.45, 2.75) is 26.3 Å². The Hall–Kier alpha value is -2.95. The molecule has 5 heteroatoms. The van der Waals surface area contributed by atoms with E-state index in [0.29, 0.717) is 22.9 Å². The lowest BCUT2D eigenvalue weighted by Gasteiger charge is -2.32. The van der Waals surface area contributed by atoms with E-state index >= 15 is 0 Å². The number of likely N-dealkylation sites (tertiary alicyclic amines) is 1. The zero-order valence-electron chi connectivity index (χ0n) is 15.5. The van der Waals surface area contributed by atoms with Crippen LogP contribution in [0.1, 0.15) is 31.0 Å². The van der Waals surface area contributed by atoms with Gasteiger partial charge in [-0.25, -0.2) is 0 Å². The molecular weight excluding hydrogens is 338 g/mol. The zero-order valence-corrected chi connectivity index (χ0v) is 15.5. The molecule has 0 N–H and O–H groups in total. The lowest BCUT2D eigenvalue weighted by atomic mass is 9.97. The summed E-state index contributed by atoms with van der Waals surface area (Å²) in [5.41, 5.74) is 2.58. The molecule has 0 atom stereocenters. The van der Waals surface area contributed by atoms with E-state index in [2.05, 4.69) is 16.8 Å². The third kappa shape index (κ3) is 3.37. The Morgan fingerprint density at radius 3 is 2.33 bits per heavy atom. The van der Waals surface area contributed by atoms with Gasteiger partial charge in [0, 0.05) is 19.3 Å². The number of carbonyl (C=O) groups excluding carboxylic acids is 2. The first-order valence-corrected chi connectivity index (χ1v) is 9.46. The lowest BCUT2D eigenvalue weighted by Crippen LogP contribution is -2.38. The minimum atomic E-state index is -0.231. The van der Waals surface area contributed by atoms with Crippen LogP contribution in [0.2, 0.25) is 0 Å². The number of imide groups is 1. The van der Waals surface area contributed by atoms with Gasteiger partial charge in [-0.1, -0.05) is 43.3 Å². The fourth-order valence-corrected chi connectivity index (χ4v) is 3.75. The molecule has 1 saturated heterocycles. The molecule has 2 aliphatic heterocycles. The molecule has 1 fully saturated rings. The smallest absolute Gasteiger partial charge is 0.278 e. The Morgan fingerprint density at radius 1 is 0.963 bits per heavy atom. The molecule has 5 nitrogen and oxygen atoms in total. The minimum Gasteiger partial charge on any atom is -0.366 e. The van der Waals surface area contributed by atoms with Gasteiger partial charge in [0.2, 0.25) is 0 Å². The van der Waals surface area contributed by atoms with E-state index in [1.54, 1.807) is 6.20 Å². The number of rotatable bonds is 4. The van der Waals surface area contributed by atoms with Crippen LogP contribution >= 0.6 is 0 Å². The van der Waals surface area contributed by atoms with Gasteiger partial charge in [-0.15, -0.1) is 0 Å². The number of amides is 2. The van der Waals surface area contributed by atoms with Crippen molar-refractivity contribution in [3.05, 3.63) is 71.7 Å². The van der Waals surface area contributed by atoms with Crippen LogP contribution in [0.3, 0.4) is 0 Å². The molecular formula is C22H23N3O2. The number of hydrogen-bond acceptors (Lipinski definition) is 4. The van der Waals surface area contributed by atoms with Crippen molar-refractivity contribution in [1.29, 1.82) is 0 Å². The molecule has 1 aromatic heterocycles. The predicted octanol–water partition coefficient (Wildman–Crippen LogP) is 3.09. The fourth-order valence-electron chi connectivity index (χ4n) is 3.75. The maximum atomic E-state index is 13.3. The van der Waals surface area contributed by atoms with E-state index in [1.807, 2.05) is 48.5 Å². The molecule has 3 heterocycles. The molecule has 2 amide bonds. The Labute approximate surface area is 159 Å². The maximum absolute atomic E-state index is 13.3. The van der Waals surface area contributed by atoms with Gasteiger partial charge in [-0.3, -0.25) is 19.5 Å². The number of benzene rings is 1. The molecule has 27 heavy (non-hydrogen) atoms. The second-order valence-electron chi connectivity index (χ2n) is 7.28. The molecule has 0 bridgehead atoms. The van der Waals surface area contributed by atoms with Crippen LogP contribution in [0.25, 0.3) is 5.57 Å². The number of hydrogen-bond donors (Lipinski definition) is 0. The van der Waals surface area contributed by atoms with Gasteiger partial charge in [-0.05, 0) is 36.5 Å². The minimum absolute atomic E-state index is 0.197. The Bertz CT molecular complexity index is 869. The van der Waals surface area contributed by atoms with Gasteiger partial charge in [0.15, 0.2) is 0 Å². The summed E-state index contributed by atoms with van der Waals surface area (Å²) < 4.78 is 0. The van der Waals surface area contributed by atoms with Crippen molar-refractivity contribution in [2.75, 3.05) is 13.1 Å². The average molecular weight is 361 g/mol. The monoisotopic (exact) mass is 361 g/mol. The number of aromatic nitrogens is 1. The Kier molecular flexibility index (Phi) is 4.75. The maximum Gasteiger partial charge on any atom is 0.278 e. The Balaban J connectivity index is 1.71. The summed E-state index contributed by atoms with van der Waals surface area (Å²) in [6.07, 6.45) is 3.75. The standard InChI is InChI=1S/C22H23N3O2/c1-16-10-13-24(14-11-16)20-19(17-7-3-2-4-8-17)21(26)25(22(20)27)15-18-9-5-6-12-23-18/h2-9,12,16H,10-11,13-15H2,1H3. The largest absolute Gasteiger partial charge is 0.366 e. The van der Waals surface area contributed by atoms with Crippen LogP contribution in [-0.4, -0.2) is 39.7 Å². The fraction of sp³-hybridized carbons (Fsp3) is 0.318. The highest BCUT2D eigenvalue weighted by molar-refractivity contribution is 6.35. The summed E-state index contributed by atoms with van der Waals surface area (Å²) >= 11 is 0. The average Bonchev–Trinajstić information content (AvgIpc) is 2.95. The summed E-state index contributed by atoms with van der Waals surface area (Å²) in [4.78, 5) is 34.2. The van der Waals surface area contributed by atoms with Crippen molar-refractivity contribution in [3.63, 3.8) is 0 Å². The van der Waals surface area contributed by atoms with E-state index in [0.717, 1.165) is 31.5 Å². The number of carbonyl (C=O) groups is 2. The predicted molar refractivity (Wildman–Crippen MR) is 103 cm³/mol. The first kappa shape index (κ1) is 17.5. The second kappa shape index (κ2) is 7.35.